The summed E-state index contributed by atoms with van der Waals surface area (Å²) in [5.41, 5.74) is 9.37. The minimum atomic E-state index is -0.971. The first-order valence-electron chi connectivity index (χ1n) is 11.9. The van der Waals surface area contributed by atoms with Crippen molar-refractivity contribution in [2.75, 3.05) is 0 Å². The molecule has 0 heterocycles. The fraction of sp³-hybridized carbons (Fsp3) is 0.226. The minimum Gasteiger partial charge on any atom is -0.427 e. The molecular weight excluding hydrogens is 415 g/mol. The van der Waals surface area contributed by atoms with Crippen molar-refractivity contribution in [1.29, 1.82) is 0 Å². The summed E-state index contributed by atoms with van der Waals surface area (Å²) in [5, 5.41) is 10.5. The van der Waals surface area contributed by atoms with Gasteiger partial charge in [-0.3, -0.25) is 0 Å². The molecule has 0 amide bonds. The van der Waals surface area contributed by atoms with Crippen LogP contribution in [0.1, 0.15) is 49.9 Å². The number of benzene rings is 4. The zero-order valence-electron chi connectivity index (χ0n) is 20.1. The maximum atomic E-state index is 10.5. The Morgan fingerprint density at radius 3 is 1.53 bits per heavy atom. The second kappa shape index (κ2) is 7.18. The third-order valence-corrected chi connectivity index (χ3v) is 7.98. The maximum absolute atomic E-state index is 10.5. The van der Waals surface area contributed by atoms with E-state index in [0.29, 0.717) is 0 Å². The van der Waals surface area contributed by atoms with Gasteiger partial charge in [-0.05, 0) is 72.2 Å². The van der Waals surface area contributed by atoms with Crippen molar-refractivity contribution >= 4 is 12.9 Å². The molecule has 0 fully saturated rings. The lowest BCUT2D eigenvalue weighted by molar-refractivity contribution is -0.0893. The summed E-state index contributed by atoms with van der Waals surface area (Å²) in [6, 6.07) is 33.0. The van der Waals surface area contributed by atoms with Crippen LogP contribution in [0.4, 0.5) is 0 Å². The van der Waals surface area contributed by atoms with E-state index in [1.807, 2.05) is 13.8 Å². The van der Waals surface area contributed by atoms with Gasteiger partial charge in [-0.25, -0.2) is 0 Å². The molecule has 34 heavy (non-hydrogen) atoms. The highest BCUT2D eigenvalue weighted by atomic mass is 16.5. The van der Waals surface area contributed by atoms with Crippen LogP contribution in [0, 0.1) is 0 Å². The average molecular weight is 443 g/mol. The minimum absolute atomic E-state index is 0.352. The van der Waals surface area contributed by atoms with Gasteiger partial charge in [0.1, 0.15) is 0 Å². The van der Waals surface area contributed by atoms with Gasteiger partial charge in [0.2, 0.25) is 0 Å². The molecule has 0 atom stereocenters. The second-order valence-electron chi connectivity index (χ2n) is 10.5. The molecule has 0 aromatic heterocycles. The van der Waals surface area contributed by atoms with E-state index < -0.39 is 11.2 Å². The van der Waals surface area contributed by atoms with Crippen molar-refractivity contribution in [3.63, 3.8) is 0 Å². The van der Waals surface area contributed by atoms with Crippen LogP contribution in [-0.2, 0) is 10.1 Å². The summed E-state index contributed by atoms with van der Waals surface area (Å²) in [4.78, 5) is 0. The van der Waals surface area contributed by atoms with Crippen LogP contribution in [0.5, 0.6) is 0 Å². The highest BCUT2D eigenvalue weighted by Gasteiger charge is 2.51. The highest BCUT2D eigenvalue weighted by molar-refractivity contribution is 6.47. The number of rotatable bonds is 4. The molecule has 1 spiro atoms. The predicted molar refractivity (Wildman–Crippen MR) is 140 cm³/mol. The summed E-state index contributed by atoms with van der Waals surface area (Å²) in [6.07, 6.45) is 0. The maximum Gasteiger partial charge on any atom is 0.330 e. The van der Waals surface area contributed by atoms with E-state index >= 15 is 0 Å². The molecule has 4 aromatic carbocycles. The summed E-state index contributed by atoms with van der Waals surface area (Å²) in [6.45, 7) is 7.39. The van der Waals surface area contributed by atoms with E-state index in [1.165, 1.54) is 44.5 Å². The zero-order chi connectivity index (χ0) is 23.7. The van der Waals surface area contributed by atoms with E-state index in [9.17, 15) is 5.11 Å². The van der Waals surface area contributed by atoms with Gasteiger partial charge in [-0.15, -0.1) is 0 Å². The van der Waals surface area contributed by atoms with E-state index in [0.717, 1.165) is 5.46 Å². The standard InChI is InChI=1S/C31H28BO2/c1-29(2,33)30(3,4)34-32-20-17-18-24-23-13-7-10-16-27(23)31(28(24)19-20)25-14-8-5-11-21(25)22-12-6-9-15-26(22)31/h5-19,33H,1-4H3. The summed E-state index contributed by atoms with van der Waals surface area (Å²) < 4.78 is 6.13. The molecule has 1 radical (unpaired) electrons. The Kier molecular flexibility index (Phi) is 4.52. The van der Waals surface area contributed by atoms with Crippen LogP contribution < -0.4 is 5.46 Å². The molecule has 3 heteroatoms. The van der Waals surface area contributed by atoms with Crippen LogP contribution in [0.15, 0.2) is 91.0 Å². The van der Waals surface area contributed by atoms with Gasteiger partial charge in [0, 0.05) is 0 Å². The van der Waals surface area contributed by atoms with E-state index in [1.54, 1.807) is 21.3 Å². The largest absolute Gasteiger partial charge is 0.427 e. The Balaban J connectivity index is 1.58. The van der Waals surface area contributed by atoms with Gasteiger partial charge >= 0.3 is 7.48 Å². The lowest BCUT2D eigenvalue weighted by Crippen LogP contribution is -2.49. The van der Waals surface area contributed by atoms with Crippen molar-refractivity contribution in [1.82, 2.24) is 0 Å². The molecular formula is C31H28BO2. The fourth-order valence-corrected chi connectivity index (χ4v) is 5.55. The first-order valence-corrected chi connectivity index (χ1v) is 11.9. The van der Waals surface area contributed by atoms with Crippen LogP contribution in [0.2, 0.25) is 0 Å². The van der Waals surface area contributed by atoms with Crippen molar-refractivity contribution in [3.05, 3.63) is 113 Å². The van der Waals surface area contributed by atoms with Crippen LogP contribution in [0.25, 0.3) is 22.3 Å². The zero-order valence-corrected chi connectivity index (χ0v) is 20.1. The van der Waals surface area contributed by atoms with Gasteiger partial charge in [-0.2, -0.15) is 0 Å². The quantitative estimate of drug-likeness (QED) is 0.347. The van der Waals surface area contributed by atoms with Crippen LogP contribution in [0.3, 0.4) is 0 Å². The Labute approximate surface area is 202 Å². The smallest absolute Gasteiger partial charge is 0.330 e. The third-order valence-electron chi connectivity index (χ3n) is 7.98. The molecule has 2 aliphatic rings. The number of hydrogen-bond acceptors (Lipinski definition) is 2. The van der Waals surface area contributed by atoms with Crippen LogP contribution >= 0.6 is 0 Å². The molecule has 4 aromatic rings. The summed E-state index contributed by atoms with van der Waals surface area (Å²) in [7, 11) is 1.79. The second-order valence-corrected chi connectivity index (χ2v) is 10.5. The van der Waals surface area contributed by atoms with Gasteiger partial charge in [0.25, 0.3) is 0 Å². The summed E-state index contributed by atoms with van der Waals surface area (Å²) in [5.74, 6) is 0. The van der Waals surface area contributed by atoms with Crippen molar-refractivity contribution in [2.24, 2.45) is 0 Å². The molecule has 0 aliphatic heterocycles. The summed E-state index contributed by atoms with van der Waals surface area (Å²) >= 11 is 0. The van der Waals surface area contributed by atoms with Crippen LogP contribution in [-0.4, -0.2) is 23.8 Å². The Hall–Kier alpha value is -3.14. The molecule has 0 unspecified atom stereocenters. The predicted octanol–water partition coefficient (Wildman–Crippen LogP) is 5.84. The molecule has 0 saturated carbocycles. The first-order chi connectivity index (χ1) is 16.2. The normalized spacial score (nSPS) is 15.0. The van der Waals surface area contributed by atoms with Gasteiger partial charge in [0.15, 0.2) is 0 Å². The third kappa shape index (κ3) is 2.78. The lowest BCUT2D eigenvalue weighted by Gasteiger charge is -2.37. The SMILES string of the molecule is CC(C)(O)C(C)(C)O[B]c1ccc2c(c1)C1(c3ccccc3-c3ccccc31)c1ccccc1-2. The topological polar surface area (TPSA) is 29.5 Å². The highest BCUT2D eigenvalue weighted by Crippen LogP contribution is 2.62. The molecule has 6 rings (SSSR count). The van der Waals surface area contributed by atoms with Gasteiger partial charge in [-0.1, -0.05) is 96.5 Å². The first kappa shape index (κ1) is 21.4. The number of aliphatic hydroxyl groups is 1. The number of hydrogen-bond donors (Lipinski definition) is 1. The Morgan fingerprint density at radius 2 is 1.06 bits per heavy atom. The van der Waals surface area contributed by atoms with Crippen molar-refractivity contribution in [3.8, 4) is 22.3 Å². The van der Waals surface area contributed by atoms with E-state index in [4.69, 9.17) is 4.65 Å². The molecule has 1 N–H and O–H groups in total. The van der Waals surface area contributed by atoms with E-state index in [-0.39, 0.29) is 5.41 Å². The van der Waals surface area contributed by atoms with Crippen molar-refractivity contribution < 1.29 is 9.76 Å². The molecule has 0 saturated heterocycles. The van der Waals surface area contributed by atoms with Gasteiger partial charge in [0.05, 0.1) is 16.6 Å². The molecule has 2 nitrogen and oxygen atoms in total. The Morgan fingerprint density at radius 1 is 0.618 bits per heavy atom. The Bertz CT molecular complexity index is 1360. The molecule has 0 bridgehead atoms. The van der Waals surface area contributed by atoms with Crippen molar-refractivity contribution in [2.45, 2.75) is 44.3 Å². The average Bonchev–Trinajstić information content (AvgIpc) is 3.29. The molecule has 167 valence electrons. The lowest BCUT2D eigenvalue weighted by atomic mass is 9.69. The van der Waals surface area contributed by atoms with Gasteiger partial charge < -0.3 is 9.76 Å². The number of fused-ring (bicyclic) bond motifs is 10. The fourth-order valence-electron chi connectivity index (χ4n) is 5.55. The van der Waals surface area contributed by atoms with E-state index in [2.05, 4.69) is 91.0 Å². The molecule has 2 aliphatic carbocycles. The monoisotopic (exact) mass is 443 g/mol.